The Hall–Kier alpha value is -2.64. The Balaban J connectivity index is 1.85. The predicted molar refractivity (Wildman–Crippen MR) is 99.7 cm³/mol. The number of nitrogens with one attached hydrogen (secondary N) is 1. The SMILES string of the molecule is Cn1cc(OC(=O)Nc2ccccc2-c2cc(Cl)cc(Cl)c2)c(C(F)F)n1. The molecule has 3 aromatic rings. The van der Waals surface area contributed by atoms with Gasteiger partial charge in [-0.2, -0.15) is 5.10 Å². The summed E-state index contributed by atoms with van der Waals surface area (Å²) < 4.78 is 32.1. The number of alkyl halides is 2. The molecule has 1 N–H and O–H groups in total. The first-order chi connectivity index (χ1) is 12.8. The quantitative estimate of drug-likeness (QED) is 0.577. The van der Waals surface area contributed by atoms with Crippen LogP contribution < -0.4 is 10.1 Å². The largest absolute Gasteiger partial charge is 0.417 e. The van der Waals surface area contributed by atoms with Crippen molar-refractivity contribution in [1.29, 1.82) is 0 Å². The standard InChI is InChI=1S/C18H13Cl2F2N3O2/c1-25-9-15(16(24-25)17(21)22)27-18(26)23-14-5-3-2-4-13(14)10-6-11(19)8-12(20)7-10/h2-9,17H,1H3,(H,23,26). The number of aromatic nitrogens is 2. The molecule has 0 unspecified atom stereocenters. The topological polar surface area (TPSA) is 56.1 Å². The van der Waals surface area contributed by atoms with Gasteiger partial charge in [0.1, 0.15) is 0 Å². The van der Waals surface area contributed by atoms with Crippen LogP contribution in [-0.2, 0) is 7.05 Å². The zero-order valence-corrected chi connectivity index (χ0v) is 15.4. The molecule has 0 saturated carbocycles. The van der Waals surface area contributed by atoms with E-state index in [2.05, 4.69) is 10.4 Å². The summed E-state index contributed by atoms with van der Waals surface area (Å²) in [5.74, 6) is -0.312. The number of halogens is 4. The highest BCUT2D eigenvalue weighted by Crippen LogP contribution is 2.33. The van der Waals surface area contributed by atoms with Crippen molar-refractivity contribution in [3.8, 4) is 16.9 Å². The third kappa shape index (κ3) is 4.56. The van der Waals surface area contributed by atoms with Crippen LogP contribution in [0.3, 0.4) is 0 Å². The Labute approximate surface area is 163 Å². The van der Waals surface area contributed by atoms with Crippen LogP contribution in [0.5, 0.6) is 5.75 Å². The number of nitrogens with zero attached hydrogens (tertiary/aromatic N) is 2. The second-order valence-electron chi connectivity index (χ2n) is 5.57. The lowest BCUT2D eigenvalue weighted by molar-refractivity contribution is 0.141. The molecule has 0 aliphatic rings. The molecular formula is C18H13Cl2F2N3O2. The number of rotatable bonds is 4. The molecule has 0 radical (unpaired) electrons. The highest BCUT2D eigenvalue weighted by atomic mass is 35.5. The van der Waals surface area contributed by atoms with Crippen molar-refractivity contribution in [3.05, 3.63) is 64.4 Å². The number of carbonyl (C=O) groups excluding carboxylic acids is 1. The number of benzene rings is 2. The molecule has 0 aliphatic carbocycles. The van der Waals surface area contributed by atoms with E-state index in [1.54, 1.807) is 42.5 Å². The smallest absolute Gasteiger partial charge is 0.406 e. The van der Waals surface area contributed by atoms with Gasteiger partial charge in [0.25, 0.3) is 6.43 Å². The van der Waals surface area contributed by atoms with Crippen LogP contribution in [0.4, 0.5) is 19.3 Å². The summed E-state index contributed by atoms with van der Waals surface area (Å²) in [4.78, 5) is 12.2. The van der Waals surface area contributed by atoms with E-state index in [1.165, 1.54) is 13.2 Å². The number of hydrogen-bond acceptors (Lipinski definition) is 3. The Bertz CT molecular complexity index is 972. The maximum absolute atomic E-state index is 13.0. The van der Waals surface area contributed by atoms with Gasteiger partial charge in [-0.3, -0.25) is 10.00 Å². The third-order valence-electron chi connectivity index (χ3n) is 3.57. The highest BCUT2D eigenvalue weighted by Gasteiger charge is 2.21. The van der Waals surface area contributed by atoms with Gasteiger partial charge in [-0.1, -0.05) is 41.4 Å². The van der Waals surface area contributed by atoms with Crippen molar-refractivity contribution in [2.24, 2.45) is 7.05 Å². The van der Waals surface area contributed by atoms with Crippen LogP contribution in [0, 0.1) is 0 Å². The number of anilines is 1. The minimum absolute atomic E-state index is 0.312. The molecule has 1 heterocycles. The van der Waals surface area contributed by atoms with E-state index in [0.717, 1.165) is 4.68 Å². The van der Waals surface area contributed by atoms with Crippen molar-refractivity contribution in [2.75, 3.05) is 5.32 Å². The van der Waals surface area contributed by atoms with Gasteiger partial charge in [-0.15, -0.1) is 0 Å². The molecule has 5 nitrogen and oxygen atoms in total. The van der Waals surface area contributed by atoms with Gasteiger partial charge in [-0.25, -0.2) is 13.6 Å². The molecule has 2 aromatic carbocycles. The van der Waals surface area contributed by atoms with E-state index < -0.39 is 18.2 Å². The second kappa shape index (κ2) is 7.94. The van der Waals surface area contributed by atoms with E-state index in [9.17, 15) is 13.6 Å². The van der Waals surface area contributed by atoms with Gasteiger partial charge in [0, 0.05) is 22.7 Å². The van der Waals surface area contributed by atoms with Gasteiger partial charge in [0.15, 0.2) is 11.4 Å². The third-order valence-corrected chi connectivity index (χ3v) is 4.01. The van der Waals surface area contributed by atoms with Gasteiger partial charge in [0.2, 0.25) is 0 Å². The number of aryl methyl sites for hydroxylation is 1. The van der Waals surface area contributed by atoms with E-state index in [4.69, 9.17) is 27.9 Å². The fourth-order valence-electron chi connectivity index (χ4n) is 2.50. The number of amides is 1. The normalized spacial score (nSPS) is 10.9. The first-order valence-electron chi connectivity index (χ1n) is 7.69. The first kappa shape index (κ1) is 19.1. The van der Waals surface area contributed by atoms with Crippen molar-refractivity contribution < 1.29 is 18.3 Å². The highest BCUT2D eigenvalue weighted by molar-refractivity contribution is 6.35. The van der Waals surface area contributed by atoms with Crippen molar-refractivity contribution in [1.82, 2.24) is 9.78 Å². The molecule has 3 rings (SSSR count). The summed E-state index contributed by atoms with van der Waals surface area (Å²) >= 11 is 12.1. The summed E-state index contributed by atoms with van der Waals surface area (Å²) in [5, 5.41) is 7.00. The maximum atomic E-state index is 13.0. The Morgan fingerprint density at radius 2 is 1.85 bits per heavy atom. The number of para-hydroxylation sites is 1. The Kier molecular flexibility index (Phi) is 5.62. The fraction of sp³-hybridized carbons (Fsp3) is 0.111. The van der Waals surface area contributed by atoms with E-state index in [-0.39, 0.29) is 5.75 Å². The van der Waals surface area contributed by atoms with Crippen LogP contribution in [-0.4, -0.2) is 15.9 Å². The molecule has 0 spiro atoms. The average molecular weight is 412 g/mol. The minimum atomic E-state index is -2.87. The van der Waals surface area contributed by atoms with Gasteiger partial charge in [0.05, 0.1) is 11.9 Å². The summed E-state index contributed by atoms with van der Waals surface area (Å²) in [7, 11) is 1.45. The molecule has 140 valence electrons. The van der Waals surface area contributed by atoms with E-state index in [1.807, 2.05) is 0 Å². The molecule has 0 atom stereocenters. The second-order valence-corrected chi connectivity index (χ2v) is 6.44. The van der Waals surface area contributed by atoms with Crippen LogP contribution >= 0.6 is 23.2 Å². The van der Waals surface area contributed by atoms with Crippen LogP contribution in [0.25, 0.3) is 11.1 Å². The van der Waals surface area contributed by atoms with Gasteiger partial charge < -0.3 is 4.74 Å². The Morgan fingerprint density at radius 1 is 1.19 bits per heavy atom. The molecule has 1 amide bonds. The summed E-state index contributed by atoms with van der Waals surface area (Å²) in [6.07, 6.45) is -2.59. The van der Waals surface area contributed by atoms with Crippen molar-refractivity contribution in [2.45, 2.75) is 6.43 Å². The zero-order chi connectivity index (χ0) is 19.6. The van der Waals surface area contributed by atoms with Crippen LogP contribution in [0.15, 0.2) is 48.7 Å². The molecule has 0 aliphatic heterocycles. The first-order valence-corrected chi connectivity index (χ1v) is 8.45. The lowest BCUT2D eigenvalue weighted by Crippen LogP contribution is -2.17. The predicted octanol–water partition coefficient (Wildman–Crippen LogP) is 5.94. The summed E-state index contributed by atoms with van der Waals surface area (Å²) in [6.45, 7) is 0. The summed E-state index contributed by atoms with van der Waals surface area (Å²) in [5.41, 5.74) is 1.11. The fourth-order valence-corrected chi connectivity index (χ4v) is 3.03. The minimum Gasteiger partial charge on any atom is -0.406 e. The van der Waals surface area contributed by atoms with Crippen LogP contribution in [0.1, 0.15) is 12.1 Å². The van der Waals surface area contributed by atoms with Crippen LogP contribution in [0.2, 0.25) is 10.0 Å². The molecule has 9 heteroatoms. The number of carbonyl (C=O) groups is 1. The Morgan fingerprint density at radius 3 is 2.52 bits per heavy atom. The van der Waals surface area contributed by atoms with Gasteiger partial charge in [-0.05, 0) is 29.8 Å². The number of ether oxygens (including phenoxy) is 1. The van der Waals surface area contributed by atoms with E-state index >= 15 is 0 Å². The molecule has 0 saturated heterocycles. The van der Waals surface area contributed by atoms with E-state index in [0.29, 0.717) is 26.9 Å². The summed E-state index contributed by atoms with van der Waals surface area (Å²) in [6, 6.07) is 11.8. The lowest BCUT2D eigenvalue weighted by atomic mass is 10.0. The lowest BCUT2D eigenvalue weighted by Gasteiger charge is -2.12. The molecule has 1 aromatic heterocycles. The van der Waals surface area contributed by atoms with Gasteiger partial charge >= 0.3 is 6.09 Å². The monoisotopic (exact) mass is 411 g/mol. The maximum Gasteiger partial charge on any atom is 0.417 e. The molecular weight excluding hydrogens is 399 g/mol. The average Bonchev–Trinajstić information content (AvgIpc) is 2.95. The molecule has 27 heavy (non-hydrogen) atoms. The molecule has 0 fully saturated rings. The number of hydrogen-bond donors (Lipinski definition) is 1. The van der Waals surface area contributed by atoms with Crippen molar-refractivity contribution >= 4 is 35.0 Å². The molecule has 0 bridgehead atoms. The zero-order valence-electron chi connectivity index (χ0n) is 13.9. The van der Waals surface area contributed by atoms with Crippen molar-refractivity contribution in [3.63, 3.8) is 0 Å².